The van der Waals surface area contributed by atoms with E-state index < -0.39 is 23.5 Å². The molecule has 1 aromatic rings. The Morgan fingerprint density at radius 1 is 1.62 bits per heavy atom. The molecule has 0 aliphatic rings. The Bertz CT molecular complexity index is 386. The SMILES string of the molecule is COCCn1nc(C(=O)O)cc1C(F)(F)F. The van der Waals surface area contributed by atoms with Crippen molar-refractivity contribution in [3.05, 3.63) is 17.5 Å². The summed E-state index contributed by atoms with van der Waals surface area (Å²) < 4.78 is 42.6. The van der Waals surface area contributed by atoms with Crippen molar-refractivity contribution < 1.29 is 27.8 Å². The second kappa shape index (κ2) is 4.52. The molecule has 0 amide bonds. The number of aromatic nitrogens is 2. The molecule has 0 atom stereocenters. The van der Waals surface area contributed by atoms with Crippen LogP contribution in [-0.4, -0.2) is 34.6 Å². The number of carbonyl (C=O) groups is 1. The lowest BCUT2D eigenvalue weighted by Gasteiger charge is -2.09. The van der Waals surface area contributed by atoms with Crippen LogP contribution in [0.5, 0.6) is 0 Å². The Hall–Kier alpha value is -1.57. The highest BCUT2D eigenvalue weighted by atomic mass is 19.4. The summed E-state index contributed by atoms with van der Waals surface area (Å²) in [5.41, 5.74) is -1.73. The number of carboxylic acid groups (broad SMARTS) is 1. The van der Waals surface area contributed by atoms with Gasteiger partial charge in [0.05, 0.1) is 13.2 Å². The monoisotopic (exact) mass is 238 g/mol. The van der Waals surface area contributed by atoms with Crippen molar-refractivity contribution in [3.8, 4) is 0 Å². The van der Waals surface area contributed by atoms with Gasteiger partial charge in [0.2, 0.25) is 0 Å². The minimum absolute atomic E-state index is 0.0177. The van der Waals surface area contributed by atoms with E-state index in [9.17, 15) is 18.0 Å². The molecule has 0 fully saturated rings. The van der Waals surface area contributed by atoms with E-state index in [4.69, 9.17) is 5.11 Å². The minimum Gasteiger partial charge on any atom is -0.476 e. The number of methoxy groups -OCH3 is 1. The van der Waals surface area contributed by atoms with Gasteiger partial charge in [-0.15, -0.1) is 0 Å². The van der Waals surface area contributed by atoms with Gasteiger partial charge in [-0.3, -0.25) is 4.68 Å². The van der Waals surface area contributed by atoms with E-state index >= 15 is 0 Å². The number of aromatic carboxylic acids is 1. The standard InChI is InChI=1S/C8H9F3N2O3/c1-16-3-2-13-6(8(9,10)11)4-5(12-13)7(14)15/h4H,2-3H2,1H3,(H,14,15). The van der Waals surface area contributed by atoms with Crippen molar-refractivity contribution in [1.29, 1.82) is 0 Å². The molecule has 5 nitrogen and oxygen atoms in total. The van der Waals surface area contributed by atoms with E-state index in [0.29, 0.717) is 10.7 Å². The molecule has 0 radical (unpaired) electrons. The van der Waals surface area contributed by atoms with Crippen molar-refractivity contribution in [2.45, 2.75) is 12.7 Å². The molecule has 90 valence electrons. The average molecular weight is 238 g/mol. The predicted octanol–water partition coefficient (Wildman–Crippen LogP) is 1.25. The molecular weight excluding hydrogens is 229 g/mol. The third kappa shape index (κ3) is 2.72. The molecule has 1 heterocycles. The van der Waals surface area contributed by atoms with E-state index in [1.54, 1.807) is 0 Å². The van der Waals surface area contributed by atoms with Crippen LogP contribution in [0.1, 0.15) is 16.2 Å². The van der Waals surface area contributed by atoms with Crippen molar-refractivity contribution in [3.63, 3.8) is 0 Å². The van der Waals surface area contributed by atoms with Gasteiger partial charge in [0, 0.05) is 13.2 Å². The van der Waals surface area contributed by atoms with Gasteiger partial charge in [-0.2, -0.15) is 18.3 Å². The summed E-state index contributed by atoms with van der Waals surface area (Å²) in [5, 5.41) is 11.9. The van der Waals surface area contributed by atoms with Crippen LogP contribution in [0.4, 0.5) is 13.2 Å². The largest absolute Gasteiger partial charge is 0.476 e. The second-order valence-corrected chi connectivity index (χ2v) is 2.93. The van der Waals surface area contributed by atoms with E-state index in [2.05, 4.69) is 9.84 Å². The Balaban J connectivity index is 3.08. The predicted molar refractivity (Wildman–Crippen MR) is 46.1 cm³/mol. The van der Waals surface area contributed by atoms with Crippen molar-refractivity contribution in [2.75, 3.05) is 13.7 Å². The number of ether oxygens (including phenoxy) is 1. The molecule has 0 saturated carbocycles. The molecule has 1 rings (SSSR count). The van der Waals surface area contributed by atoms with Gasteiger partial charge >= 0.3 is 12.1 Å². The summed E-state index contributed by atoms with van der Waals surface area (Å²) in [4.78, 5) is 10.5. The maximum atomic E-state index is 12.5. The maximum absolute atomic E-state index is 12.5. The average Bonchev–Trinajstić information content (AvgIpc) is 2.57. The quantitative estimate of drug-likeness (QED) is 0.857. The first-order chi connectivity index (χ1) is 7.36. The third-order valence-corrected chi connectivity index (χ3v) is 1.80. The van der Waals surface area contributed by atoms with Gasteiger partial charge in [0.25, 0.3) is 0 Å². The van der Waals surface area contributed by atoms with Gasteiger partial charge < -0.3 is 9.84 Å². The van der Waals surface area contributed by atoms with Crippen molar-refractivity contribution in [1.82, 2.24) is 9.78 Å². The molecule has 0 saturated heterocycles. The fourth-order valence-corrected chi connectivity index (χ4v) is 1.10. The summed E-state index contributed by atoms with van der Waals surface area (Å²) in [6.45, 7) is -0.136. The highest BCUT2D eigenvalue weighted by Gasteiger charge is 2.36. The number of alkyl halides is 3. The van der Waals surface area contributed by atoms with E-state index in [1.165, 1.54) is 7.11 Å². The van der Waals surface area contributed by atoms with Crippen LogP contribution >= 0.6 is 0 Å². The molecule has 0 bridgehead atoms. The Morgan fingerprint density at radius 3 is 2.69 bits per heavy atom. The molecule has 1 aromatic heterocycles. The number of rotatable bonds is 4. The van der Waals surface area contributed by atoms with Gasteiger partial charge in [-0.25, -0.2) is 4.79 Å². The summed E-state index contributed by atoms with van der Waals surface area (Å²) >= 11 is 0. The Kier molecular flexibility index (Phi) is 3.53. The van der Waals surface area contributed by atoms with Crippen LogP contribution in [0.3, 0.4) is 0 Å². The number of hydrogen-bond donors (Lipinski definition) is 1. The molecule has 16 heavy (non-hydrogen) atoms. The fraction of sp³-hybridized carbons (Fsp3) is 0.500. The molecule has 0 aromatic carbocycles. The molecule has 1 N–H and O–H groups in total. The highest BCUT2D eigenvalue weighted by Crippen LogP contribution is 2.29. The Morgan fingerprint density at radius 2 is 2.25 bits per heavy atom. The first-order valence-corrected chi connectivity index (χ1v) is 4.23. The molecule has 0 aliphatic carbocycles. The number of halogens is 3. The molecular formula is C8H9F3N2O3. The van der Waals surface area contributed by atoms with E-state index in [1.807, 2.05) is 0 Å². The molecule has 0 aliphatic heterocycles. The van der Waals surface area contributed by atoms with Crippen LogP contribution in [0, 0.1) is 0 Å². The van der Waals surface area contributed by atoms with Crippen LogP contribution in [0.25, 0.3) is 0 Å². The zero-order chi connectivity index (χ0) is 12.3. The number of carboxylic acids is 1. The van der Waals surface area contributed by atoms with Gasteiger partial charge in [-0.1, -0.05) is 0 Å². The smallest absolute Gasteiger partial charge is 0.433 e. The fourth-order valence-electron chi connectivity index (χ4n) is 1.10. The van der Waals surface area contributed by atoms with E-state index in [0.717, 1.165) is 0 Å². The van der Waals surface area contributed by atoms with Gasteiger partial charge in [0.15, 0.2) is 5.69 Å². The summed E-state index contributed by atoms with van der Waals surface area (Å²) in [6.07, 6.45) is -4.63. The normalized spacial score (nSPS) is 11.8. The zero-order valence-electron chi connectivity index (χ0n) is 8.28. The zero-order valence-corrected chi connectivity index (χ0v) is 8.28. The van der Waals surface area contributed by atoms with Crippen LogP contribution < -0.4 is 0 Å². The Labute approximate surface area is 88.4 Å². The molecule has 0 spiro atoms. The lowest BCUT2D eigenvalue weighted by atomic mass is 10.3. The third-order valence-electron chi connectivity index (χ3n) is 1.80. The van der Waals surface area contributed by atoms with Crippen LogP contribution in [0.15, 0.2) is 6.07 Å². The molecule has 8 heteroatoms. The lowest BCUT2D eigenvalue weighted by molar-refractivity contribution is -0.144. The van der Waals surface area contributed by atoms with Gasteiger partial charge in [-0.05, 0) is 0 Å². The summed E-state index contributed by atoms with van der Waals surface area (Å²) in [5.74, 6) is -1.50. The summed E-state index contributed by atoms with van der Waals surface area (Å²) in [6, 6.07) is 0.498. The number of hydrogen-bond acceptors (Lipinski definition) is 3. The molecule has 0 unspecified atom stereocenters. The topological polar surface area (TPSA) is 64.4 Å². The first kappa shape index (κ1) is 12.5. The number of nitrogens with zero attached hydrogens (tertiary/aromatic N) is 2. The van der Waals surface area contributed by atoms with Crippen LogP contribution in [0.2, 0.25) is 0 Å². The van der Waals surface area contributed by atoms with Crippen LogP contribution in [-0.2, 0) is 17.5 Å². The van der Waals surface area contributed by atoms with Gasteiger partial charge in [0.1, 0.15) is 5.69 Å². The summed E-state index contributed by atoms with van der Waals surface area (Å²) in [7, 11) is 1.33. The maximum Gasteiger partial charge on any atom is 0.433 e. The lowest BCUT2D eigenvalue weighted by Crippen LogP contribution is -2.16. The van der Waals surface area contributed by atoms with Crippen molar-refractivity contribution in [2.24, 2.45) is 0 Å². The first-order valence-electron chi connectivity index (χ1n) is 4.23. The minimum atomic E-state index is -4.63. The highest BCUT2D eigenvalue weighted by molar-refractivity contribution is 5.85. The second-order valence-electron chi connectivity index (χ2n) is 2.93. The van der Waals surface area contributed by atoms with E-state index in [-0.39, 0.29) is 13.2 Å². The van der Waals surface area contributed by atoms with Crippen molar-refractivity contribution >= 4 is 5.97 Å².